The van der Waals surface area contributed by atoms with Crippen molar-refractivity contribution in [3.05, 3.63) is 59.7 Å². The number of likely N-dealkylation sites (tertiary alicyclic amines) is 1. The largest absolute Gasteiger partial charge is 0.327 e. The molecule has 0 bridgehead atoms. The summed E-state index contributed by atoms with van der Waals surface area (Å²) in [5.74, 6) is 1.34. The van der Waals surface area contributed by atoms with Gasteiger partial charge < -0.3 is 9.88 Å². The average Bonchev–Trinajstić information content (AvgIpc) is 3.11. The Morgan fingerprint density at radius 2 is 2.10 bits per heavy atom. The number of hydrogen-bond donors (Lipinski definition) is 1. The molecule has 1 aromatic heterocycles. The molecule has 1 atom stereocenters. The van der Waals surface area contributed by atoms with Crippen molar-refractivity contribution in [3.8, 4) is 0 Å². The molecule has 1 amide bonds. The Bertz CT molecular complexity index is 1060. The van der Waals surface area contributed by atoms with E-state index in [4.69, 9.17) is 4.98 Å². The third-order valence-electron chi connectivity index (χ3n) is 6.26. The van der Waals surface area contributed by atoms with Gasteiger partial charge in [0.25, 0.3) is 0 Å². The molecule has 0 saturated carbocycles. The number of amides is 1. The van der Waals surface area contributed by atoms with Crippen LogP contribution in [-0.2, 0) is 17.9 Å². The Labute approximate surface area is 183 Å². The molecule has 3 aromatic rings. The average molecular weight is 423 g/mol. The summed E-state index contributed by atoms with van der Waals surface area (Å²) in [6.07, 6.45) is 3.66. The standard InChI is InChI=1S/C25H31FN4O/c1-3-30-23-9-5-4-8-22(23)27-24(30)17-29-14-6-7-19(16-29)10-13-25(31)28-21-12-11-20(26)15-18(21)2/h4-5,8-9,11-12,15,19H,3,6-7,10,13-14,16-17H2,1-2H3,(H,28,31)/t19-/m1/s1. The zero-order valence-corrected chi connectivity index (χ0v) is 18.4. The van der Waals surface area contributed by atoms with Crippen molar-refractivity contribution in [1.82, 2.24) is 14.5 Å². The molecule has 1 fully saturated rings. The Hall–Kier alpha value is -2.73. The van der Waals surface area contributed by atoms with Crippen LogP contribution in [0.5, 0.6) is 0 Å². The summed E-state index contributed by atoms with van der Waals surface area (Å²) in [5.41, 5.74) is 3.69. The molecule has 5 nitrogen and oxygen atoms in total. The fraction of sp³-hybridized carbons (Fsp3) is 0.440. The van der Waals surface area contributed by atoms with Gasteiger partial charge in [0, 0.05) is 25.2 Å². The minimum atomic E-state index is -0.283. The van der Waals surface area contributed by atoms with Crippen molar-refractivity contribution >= 4 is 22.6 Å². The van der Waals surface area contributed by atoms with Crippen LogP contribution in [0.25, 0.3) is 11.0 Å². The fourth-order valence-corrected chi connectivity index (χ4v) is 4.64. The van der Waals surface area contributed by atoms with Gasteiger partial charge in [-0.25, -0.2) is 9.37 Å². The third kappa shape index (κ3) is 5.13. The lowest BCUT2D eigenvalue weighted by molar-refractivity contribution is -0.116. The van der Waals surface area contributed by atoms with Gasteiger partial charge in [-0.1, -0.05) is 12.1 Å². The molecule has 6 heteroatoms. The van der Waals surface area contributed by atoms with Gasteiger partial charge in [0.05, 0.1) is 17.6 Å². The number of rotatable bonds is 7. The van der Waals surface area contributed by atoms with Gasteiger partial charge in [-0.3, -0.25) is 9.69 Å². The van der Waals surface area contributed by atoms with E-state index in [1.165, 1.54) is 17.6 Å². The van der Waals surface area contributed by atoms with Gasteiger partial charge in [0.15, 0.2) is 0 Å². The molecule has 1 saturated heterocycles. The van der Waals surface area contributed by atoms with Crippen LogP contribution in [0.15, 0.2) is 42.5 Å². The van der Waals surface area contributed by atoms with Crippen molar-refractivity contribution in [2.75, 3.05) is 18.4 Å². The highest BCUT2D eigenvalue weighted by Gasteiger charge is 2.22. The maximum absolute atomic E-state index is 13.3. The molecule has 1 aliphatic heterocycles. The second-order valence-electron chi connectivity index (χ2n) is 8.55. The van der Waals surface area contributed by atoms with E-state index in [1.54, 1.807) is 13.0 Å². The maximum Gasteiger partial charge on any atom is 0.224 e. The monoisotopic (exact) mass is 422 g/mol. The molecule has 2 heterocycles. The number of hydrogen-bond acceptors (Lipinski definition) is 3. The van der Waals surface area contributed by atoms with E-state index in [0.29, 0.717) is 18.0 Å². The Morgan fingerprint density at radius 3 is 2.90 bits per heavy atom. The van der Waals surface area contributed by atoms with Crippen molar-refractivity contribution in [3.63, 3.8) is 0 Å². The number of para-hydroxylation sites is 2. The van der Waals surface area contributed by atoms with Gasteiger partial charge in [-0.15, -0.1) is 0 Å². The number of nitrogens with zero attached hydrogens (tertiary/aromatic N) is 3. The van der Waals surface area contributed by atoms with Crippen molar-refractivity contribution < 1.29 is 9.18 Å². The number of aromatic nitrogens is 2. The highest BCUT2D eigenvalue weighted by Crippen LogP contribution is 2.24. The summed E-state index contributed by atoms with van der Waals surface area (Å²) < 4.78 is 15.6. The highest BCUT2D eigenvalue weighted by atomic mass is 19.1. The summed E-state index contributed by atoms with van der Waals surface area (Å²) in [5, 5.41) is 2.93. The van der Waals surface area contributed by atoms with Crippen LogP contribution in [0.3, 0.4) is 0 Å². The number of carbonyl (C=O) groups excluding carboxylic acids is 1. The third-order valence-corrected chi connectivity index (χ3v) is 6.26. The van der Waals surface area contributed by atoms with Crippen LogP contribution in [-0.4, -0.2) is 33.4 Å². The van der Waals surface area contributed by atoms with Gasteiger partial charge in [-0.05, 0) is 81.5 Å². The lowest BCUT2D eigenvalue weighted by Crippen LogP contribution is -2.36. The molecule has 0 unspecified atom stereocenters. The van der Waals surface area contributed by atoms with E-state index < -0.39 is 0 Å². The van der Waals surface area contributed by atoms with Crippen LogP contribution in [0.2, 0.25) is 0 Å². The van der Waals surface area contributed by atoms with Gasteiger partial charge in [-0.2, -0.15) is 0 Å². The normalized spacial score (nSPS) is 17.2. The SMILES string of the molecule is CCn1c(CN2CCC[C@H](CCC(=O)Nc3ccc(F)cc3C)C2)nc2ccccc21. The Morgan fingerprint density at radius 1 is 1.26 bits per heavy atom. The van der Waals surface area contributed by atoms with Crippen LogP contribution < -0.4 is 5.32 Å². The highest BCUT2D eigenvalue weighted by molar-refractivity contribution is 5.91. The lowest BCUT2D eigenvalue weighted by atomic mass is 9.93. The van der Waals surface area contributed by atoms with Crippen LogP contribution >= 0.6 is 0 Å². The van der Waals surface area contributed by atoms with Gasteiger partial charge in [0.1, 0.15) is 11.6 Å². The van der Waals surface area contributed by atoms with E-state index >= 15 is 0 Å². The molecule has 31 heavy (non-hydrogen) atoms. The number of anilines is 1. The van der Waals surface area contributed by atoms with Gasteiger partial charge in [0.2, 0.25) is 5.91 Å². The van der Waals surface area contributed by atoms with E-state index in [9.17, 15) is 9.18 Å². The summed E-state index contributed by atoms with van der Waals surface area (Å²) >= 11 is 0. The molecule has 4 rings (SSSR count). The molecule has 2 aromatic carbocycles. The van der Waals surface area contributed by atoms with Crippen LogP contribution in [0, 0.1) is 18.7 Å². The summed E-state index contributed by atoms with van der Waals surface area (Å²) in [4.78, 5) is 19.8. The number of halogens is 1. The predicted molar refractivity (Wildman–Crippen MR) is 122 cm³/mol. The quantitative estimate of drug-likeness (QED) is 0.574. The minimum absolute atomic E-state index is 0.000364. The zero-order valence-electron chi connectivity index (χ0n) is 18.4. The summed E-state index contributed by atoms with van der Waals surface area (Å²) in [6.45, 7) is 7.80. The predicted octanol–water partition coefficient (Wildman–Crippen LogP) is 5.13. The zero-order chi connectivity index (χ0) is 21.8. The first-order chi connectivity index (χ1) is 15.0. The van der Waals surface area contributed by atoms with E-state index in [2.05, 4.69) is 39.9 Å². The molecule has 164 valence electrons. The molecule has 0 radical (unpaired) electrons. The fourth-order valence-electron chi connectivity index (χ4n) is 4.64. The summed E-state index contributed by atoms with van der Waals surface area (Å²) in [6, 6.07) is 12.8. The van der Waals surface area contributed by atoms with E-state index in [0.717, 1.165) is 62.3 Å². The first kappa shape index (κ1) is 21.5. The first-order valence-electron chi connectivity index (χ1n) is 11.3. The van der Waals surface area contributed by atoms with Crippen molar-refractivity contribution in [2.24, 2.45) is 5.92 Å². The number of benzene rings is 2. The number of fused-ring (bicyclic) bond motifs is 1. The molecular weight excluding hydrogens is 391 g/mol. The van der Waals surface area contributed by atoms with Crippen molar-refractivity contribution in [2.45, 2.75) is 52.6 Å². The molecule has 1 N–H and O–H groups in total. The molecule has 1 aliphatic rings. The van der Waals surface area contributed by atoms with E-state index in [-0.39, 0.29) is 11.7 Å². The second kappa shape index (κ2) is 9.60. The van der Waals surface area contributed by atoms with E-state index in [1.807, 2.05) is 6.07 Å². The first-order valence-corrected chi connectivity index (χ1v) is 11.3. The maximum atomic E-state index is 13.3. The number of piperidine rings is 1. The number of carbonyl (C=O) groups is 1. The van der Waals surface area contributed by atoms with Crippen LogP contribution in [0.1, 0.15) is 44.0 Å². The smallest absolute Gasteiger partial charge is 0.224 e. The Balaban J connectivity index is 1.32. The van der Waals surface area contributed by atoms with Crippen LogP contribution in [0.4, 0.5) is 10.1 Å². The number of nitrogens with one attached hydrogen (secondary N) is 1. The molecular formula is C25H31FN4O. The lowest BCUT2D eigenvalue weighted by Gasteiger charge is -2.32. The van der Waals surface area contributed by atoms with Gasteiger partial charge >= 0.3 is 0 Å². The Kier molecular flexibility index (Phi) is 6.66. The number of aryl methyl sites for hydroxylation is 2. The minimum Gasteiger partial charge on any atom is -0.327 e. The summed E-state index contributed by atoms with van der Waals surface area (Å²) in [7, 11) is 0. The second-order valence-corrected chi connectivity index (χ2v) is 8.55. The molecule has 0 spiro atoms. The molecule has 0 aliphatic carbocycles. The number of imidazole rings is 1. The topological polar surface area (TPSA) is 50.2 Å². The van der Waals surface area contributed by atoms with Crippen molar-refractivity contribution in [1.29, 1.82) is 0 Å².